The average Bonchev–Trinajstić information content (AvgIpc) is 2.86. The maximum atomic E-state index is 12.7. The van der Waals surface area contributed by atoms with Crippen LogP contribution < -0.4 is 14.4 Å². The van der Waals surface area contributed by atoms with E-state index in [1.165, 1.54) is 7.11 Å². The fourth-order valence-electron chi connectivity index (χ4n) is 4.30. The van der Waals surface area contributed by atoms with Crippen LogP contribution in [0.25, 0.3) is 0 Å². The summed E-state index contributed by atoms with van der Waals surface area (Å²) >= 11 is 0. The molecular formula is C24H25F3N4O6S. The van der Waals surface area contributed by atoms with Gasteiger partial charge in [0.15, 0.2) is 5.82 Å². The number of hydrogen-bond acceptors (Lipinski definition) is 8. The molecule has 1 aromatic heterocycles. The number of benzene rings is 1. The Morgan fingerprint density at radius 3 is 2.32 bits per heavy atom. The standard InChI is InChI=1S/C24H25F3N4O6S/c1-3-17-18(12-28)20(29-22(37-2)19(17)23(33)34)31-10-8-15(9-11-31)21(32)30-38(35,36)13-14-4-6-16(7-5-14)24(25,26)27/h4-7,15H,3,8-11,13H2,1-2H3,(H,30,32)(H,33,34). The molecule has 0 unspecified atom stereocenters. The van der Waals surface area contributed by atoms with Crippen LogP contribution in [-0.2, 0) is 33.2 Å². The Labute approximate surface area is 217 Å². The molecule has 0 radical (unpaired) electrons. The van der Waals surface area contributed by atoms with Crippen molar-refractivity contribution >= 4 is 27.7 Å². The summed E-state index contributed by atoms with van der Waals surface area (Å²) in [5.74, 6) is -3.27. The van der Waals surface area contributed by atoms with Crippen molar-refractivity contribution < 1.29 is 41.0 Å². The number of aromatic nitrogens is 1. The van der Waals surface area contributed by atoms with Gasteiger partial charge in [0.05, 0.1) is 24.0 Å². The first-order chi connectivity index (χ1) is 17.8. The molecule has 38 heavy (non-hydrogen) atoms. The number of sulfonamides is 1. The number of carboxylic acid groups (broad SMARTS) is 1. The van der Waals surface area contributed by atoms with E-state index in [-0.39, 0.29) is 66.3 Å². The van der Waals surface area contributed by atoms with Gasteiger partial charge in [0.25, 0.3) is 0 Å². The molecule has 204 valence electrons. The smallest absolute Gasteiger partial charge is 0.416 e. The number of methoxy groups -OCH3 is 1. The number of anilines is 1. The topological polar surface area (TPSA) is 150 Å². The molecule has 2 heterocycles. The van der Waals surface area contributed by atoms with Crippen molar-refractivity contribution in [2.75, 3.05) is 25.1 Å². The lowest BCUT2D eigenvalue weighted by Crippen LogP contribution is -2.43. The molecule has 0 bridgehead atoms. The number of carbonyl (C=O) groups is 2. The summed E-state index contributed by atoms with van der Waals surface area (Å²) in [4.78, 5) is 30.4. The van der Waals surface area contributed by atoms with Gasteiger partial charge in [-0.2, -0.15) is 23.4 Å². The van der Waals surface area contributed by atoms with E-state index >= 15 is 0 Å². The number of amides is 1. The lowest BCUT2D eigenvalue weighted by molar-refractivity contribution is -0.137. The number of pyridine rings is 1. The van der Waals surface area contributed by atoms with Crippen molar-refractivity contribution in [1.29, 1.82) is 5.26 Å². The molecule has 1 amide bonds. The fourth-order valence-corrected chi connectivity index (χ4v) is 5.48. The van der Waals surface area contributed by atoms with Crippen LogP contribution in [0.3, 0.4) is 0 Å². The molecule has 0 aliphatic carbocycles. The maximum absolute atomic E-state index is 12.7. The Morgan fingerprint density at radius 1 is 1.24 bits per heavy atom. The third-order valence-electron chi connectivity index (χ3n) is 6.18. The number of aromatic carboxylic acids is 1. The van der Waals surface area contributed by atoms with Gasteiger partial charge in [0.1, 0.15) is 11.6 Å². The van der Waals surface area contributed by atoms with Gasteiger partial charge >= 0.3 is 12.1 Å². The number of hydrogen-bond donors (Lipinski definition) is 2. The van der Waals surface area contributed by atoms with Crippen LogP contribution in [0.15, 0.2) is 24.3 Å². The first kappa shape index (κ1) is 28.7. The number of piperidine rings is 1. The highest BCUT2D eigenvalue weighted by Gasteiger charge is 2.33. The van der Waals surface area contributed by atoms with Gasteiger partial charge in [-0.15, -0.1) is 0 Å². The van der Waals surface area contributed by atoms with E-state index in [0.29, 0.717) is 0 Å². The van der Waals surface area contributed by atoms with Gasteiger partial charge in [0, 0.05) is 19.0 Å². The number of ether oxygens (including phenoxy) is 1. The van der Waals surface area contributed by atoms with Gasteiger partial charge in [0.2, 0.25) is 21.8 Å². The molecule has 1 saturated heterocycles. The number of halogens is 3. The number of carbonyl (C=O) groups excluding carboxylic acids is 1. The Morgan fingerprint density at radius 2 is 1.84 bits per heavy atom. The van der Waals surface area contributed by atoms with Crippen molar-refractivity contribution in [3.8, 4) is 11.9 Å². The first-order valence-corrected chi connectivity index (χ1v) is 13.2. The summed E-state index contributed by atoms with van der Waals surface area (Å²) in [6, 6.07) is 5.64. The zero-order valence-electron chi connectivity index (χ0n) is 20.5. The van der Waals surface area contributed by atoms with E-state index in [0.717, 1.165) is 24.3 Å². The van der Waals surface area contributed by atoms with Crippen LogP contribution in [0.1, 0.15) is 52.4 Å². The molecule has 0 spiro atoms. The predicted molar refractivity (Wildman–Crippen MR) is 129 cm³/mol. The molecule has 2 aromatic rings. The fraction of sp³-hybridized carbons (Fsp3) is 0.417. The third kappa shape index (κ3) is 6.34. The highest BCUT2D eigenvalue weighted by molar-refractivity contribution is 7.89. The lowest BCUT2D eigenvalue weighted by atomic mass is 9.95. The quantitative estimate of drug-likeness (QED) is 0.502. The average molecular weight is 555 g/mol. The number of nitrogens with zero attached hydrogens (tertiary/aromatic N) is 3. The van der Waals surface area contributed by atoms with Crippen LogP contribution >= 0.6 is 0 Å². The van der Waals surface area contributed by atoms with Crippen LogP contribution in [0.5, 0.6) is 5.88 Å². The summed E-state index contributed by atoms with van der Waals surface area (Å²) in [5.41, 5.74) is -0.648. The summed E-state index contributed by atoms with van der Waals surface area (Å²) in [6.07, 6.45) is -3.87. The predicted octanol–water partition coefficient (Wildman–Crippen LogP) is 3.10. The molecule has 10 nitrogen and oxygen atoms in total. The molecular weight excluding hydrogens is 529 g/mol. The minimum atomic E-state index is -4.55. The largest absolute Gasteiger partial charge is 0.480 e. The molecule has 0 atom stereocenters. The monoisotopic (exact) mass is 554 g/mol. The zero-order valence-corrected chi connectivity index (χ0v) is 21.3. The summed E-state index contributed by atoms with van der Waals surface area (Å²) in [6.45, 7) is 2.17. The lowest BCUT2D eigenvalue weighted by Gasteiger charge is -2.33. The number of alkyl halides is 3. The third-order valence-corrected chi connectivity index (χ3v) is 7.41. The van der Waals surface area contributed by atoms with Crippen molar-refractivity contribution in [2.24, 2.45) is 5.92 Å². The molecule has 1 aliphatic rings. The Kier molecular flexibility index (Phi) is 8.51. The molecule has 1 aliphatic heterocycles. The number of carboxylic acids is 1. The van der Waals surface area contributed by atoms with Gasteiger partial charge in [-0.25, -0.2) is 13.2 Å². The number of rotatable bonds is 8. The van der Waals surface area contributed by atoms with E-state index in [1.807, 2.05) is 10.8 Å². The van der Waals surface area contributed by atoms with E-state index in [4.69, 9.17) is 4.74 Å². The van der Waals surface area contributed by atoms with Crippen molar-refractivity contribution in [2.45, 2.75) is 38.1 Å². The van der Waals surface area contributed by atoms with E-state index < -0.39 is 45.3 Å². The molecule has 2 N–H and O–H groups in total. The van der Waals surface area contributed by atoms with E-state index in [1.54, 1.807) is 11.8 Å². The minimum absolute atomic E-state index is 0.0905. The van der Waals surface area contributed by atoms with Crippen LogP contribution in [0.2, 0.25) is 0 Å². The van der Waals surface area contributed by atoms with Crippen molar-refractivity contribution in [3.05, 3.63) is 52.1 Å². The van der Waals surface area contributed by atoms with Gasteiger partial charge < -0.3 is 14.7 Å². The number of nitriles is 1. The second-order valence-corrected chi connectivity index (χ2v) is 10.3. The van der Waals surface area contributed by atoms with E-state index in [2.05, 4.69) is 4.98 Å². The SMILES string of the molecule is CCc1c(C#N)c(N2CCC(C(=O)NS(=O)(=O)Cc3ccc(C(F)(F)F)cc3)CC2)nc(OC)c1C(=O)O. The minimum Gasteiger partial charge on any atom is -0.480 e. The second-order valence-electron chi connectivity index (χ2n) is 8.63. The summed E-state index contributed by atoms with van der Waals surface area (Å²) in [5, 5.41) is 19.3. The summed E-state index contributed by atoms with van der Waals surface area (Å²) in [7, 11) is -2.89. The normalized spacial score (nSPS) is 14.6. The highest BCUT2D eigenvalue weighted by Crippen LogP contribution is 2.33. The van der Waals surface area contributed by atoms with Crippen molar-refractivity contribution in [3.63, 3.8) is 0 Å². The van der Waals surface area contributed by atoms with Crippen LogP contribution in [0.4, 0.5) is 19.0 Å². The van der Waals surface area contributed by atoms with Crippen molar-refractivity contribution in [1.82, 2.24) is 9.71 Å². The Hall–Kier alpha value is -3.86. The molecule has 1 aromatic carbocycles. The van der Waals surface area contributed by atoms with Crippen LogP contribution in [0, 0.1) is 17.2 Å². The van der Waals surface area contributed by atoms with Gasteiger partial charge in [-0.05, 0) is 42.5 Å². The van der Waals surface area contributed by atoms with Crippen LogP contribution in [-0.4, -0.2) is 50.6 Å². The Bertz CT molecular complexity index is 1360. The molecule has 1 fully saturated rings. The summed E-state index contributed by atoms with van der Waals surface area (Å²) < 4.78 is 70.2. The molecule has 0 saturated carbocycles. The highest BCUT2D eigenvalue weighted by atomic mass is 32.2. The number of nitrogens with one attached hydrogen (secondary N) is 1. The molecule has 14 heteroatoms. The Balaban J connectivity index is 1.69. The molecule has 3 rings (SSSR count). The van der Waals surface area contributed by atoms with Gasteiger partial charge in [-0.3, -0.25) is 9.52 Å². The van der Waals surface area contributed by atoms with Gasteiger partial charge in [-0.1, -0.05) is 19.1 Å². The maximum Gasteiger partial charge on any atom is 0.416 e. The first-order valence-electron chi connectivity index (χ1n) is 11.5. The second kappa shape index (κ2) is 11.3. The zero-order chi connectivity index (χ0) is 28.3. The van der Waals surface area contributed by atoms with E-state index in [9.17, 15) is 41.5 Å².